The van der Waals surface area contributed by atoms with Crippen molar-refractivity contribution in [2.45, 2.75) is 33.4 Å². The van der Waals surface area contributed by atoms with Crippen LogP contribution in [0.1, 0.15) is 35.3 Å². The smallest absolute Gasteiger partial charge is 0.132 e. The van der Waals surface area contributed by atoms with Crippen LogP contribution in [0.2, 0.25) is 5.02 Å². The van der Waals surface area contributed by atoms with Gasteiger partial charge in [0.05, 0.1) is 6.10 Å². The van der Waals surface area contributed by atoms with Crippen LogP contribution >= 0.6 is 11.6 Å². The van der Waals surface area contributed by atoms with E-state index in [1.807, 2.05) is 51.2 Å². The van der Waals surface area contributed by atoms with Crippen LogP contribution < -0.4 is 10.1 Å². The van der Waals surface area contributed by atoms with E-state index in [4.69, 9.17) is 16.3 Å². The maximum atomic E-state index is 10.3. The average Bonchev–Trinajstić information content (AvgIpc) is 2.56. The van der Waals surface area contributed by atoms with Crippen molar-refractivity contribution in [2.24, 2.45) is 0 Å². The van der Waals surface area contributed by atoms with Gasteiger partial charge in [0, 0.05) is 17.1 Å². The molecule has 0 aliphatic heterocycles. The first-order chi connectivity index (χ1) is 11.3. The Kier molecular flexibility index (Phi) is 6.05. The molecule has 2 aromatic carbocycles. The minimum absolute atomic E-state index is 0.671. The molecule has 4 heteroatoms. The minimum atomic E-state index is -0.705. The molecule has 0 radical (unpaired) electrons. The van der Waals surface area contributed by atoms with Crippen LogP contribution in [0.3, 0.4) is 0 Å². The molecule has 0 fully saturated rings. The fraction of sp³-hybridized carbons (Fsp3) is 0.300. The zero-order valence-electron chi connectivity index (χ0n) is 14.6. The summed E-state index contributed by atoms with van der Waals surface area (Å²) in [5, 5.41) is 14.1. The zero-order valence-corrected chi connectivity index (χ0v) is 15.4. The Morgan fingerprint density at radius 1 is 1.21 bits per heavy atom. The Bertz CT molecular complexity index is 756. The van der Waals surface area contributed by atoms with Crippen LogP contribution in [-0.4, -0.2) is 12.2 Å². The Hall–Kier alpha value is -1.81. The van der Waals surface area contributed by atoms with Crippen LogP contribution in [0, 0.1) is 13.8 Å². The van der Waals surface area contributed by atoms with Crippen molar-refractivity contribution in [3.05, 3.63) is 69.8 Å². The Labute approximate surface area is 148 Å². The van der Waals surface area contributed by atoms with Gasteiger partial charge in [-0.25, -0.2) is 0 Å². The van der Waals surface area contributed by atoms with Gasteiger partial charge in [0.25, 0.3) is 0 Å². The van der Waals surface area contributed by atoms with E-state index >= 15 is 0 Å². The van der Waals surface area contributed by atoms with Gasteiger partial charge in [0.15, 0.2) is 0 Å². The van der Waals surface area contributed by atoms with Gasteiger partial charge in [-0.15, -0.1) is 0 Å². The maximum absolute atomic E-state index is 10.3. The molecule has 0 saturated heterocycles. The first-order valence-electron chi connectivity index (χ1n) is 7.89. The van der Waals surface area contributed by atoms with E-state index in [1.165, 1.54) is 0 Å². The van der Waals surface area contributed by atoms with Gasteiger partial charge >= 0.3 is 0 Å². The van der Waals surface area contributed by atoms with Crippen molar-refractivity contribution in [3.8, 4) is 11.5 Å². The molecule has 0 spiro atoms. The third-order valence-electron chi connectivity index (χ3n) is 4.13. The van der Waals surface area contributed by atoms with Crippen LogP contribution in [0.4, 0.5) is 0 Å². The number of hydrogen-bond donors (Lipinski definition) is 2. The third kappa shape index (κ3) is 3.99. The highest BCUT2D eigenvalue weighted by Gasteiger charge is 2.14. The van der Waals surface area contributed by atoms with Gasteiger partial charge in [-0.05, 0) is 68.3 Å². The predicted octanol–water partition coefficient (Wildman–Crippen LogP) is 5.08. The number of aliphatic hydroxyl groups is 1. The van der Waals surface area contributed by atoms with E-state index in [2.05, 4.69) is 11.9 Å². The van der Waals surface area contributed by atoms with Crippen molar-refractivity contribution in [3.63, 3.8) is 0 Å². The number of benzene rings is 2. The van der Waals surface area contributed by atoms with Gasteiger partial charge in [0.2, 0.25) is 0 Å². The summed E-state index contributed by atoms with van der Waals surface area (Å²) in [6.45, 7) is 10.3. The highest BCUT2D eigenvalue weighted by molar-refractivity contribution is 6.31. The van der Waals surface area contributed by atoms with Crippen LogP contribution in [-0.2, 0) is 6.54 Å². The van der Waals surface area contributed by atoms with Crippen LogP contribution in [0.25, 0.3) is 0 Å². The molecule has 0 aromatic heterocycles. The molecule has 0 saturated carbocycles. The summed E-state index contributed by atoms with van der Waals surface area (Å²) in [4.78, 5) is 0. The molecule has 0 heterocycles. The molecule has 2 N–H and O–H groups in total. The number of rotatable bonds is 6. The summed E-state index contributed by atoms with van der Waals surface area (Å²) < 4.78 is 6.16. The van der Waals surface area contributed by atoms with E-state index in [1.54, 1.807) is 6.92 Å². The summed E-state index contributed by atoms with van der Waals surface area (Å²) in [6.07, 6.45) is -0.705. The number of aliphatic hydroxyl groups excluding tert-OH is 1. The number of hydrogen-bond acceptors (Lipinski definition) is 3. The van der Waals surface area contributed by atoms with E-state index in [0.29, 0.717) is 17.9 Å². The molecule has 2 rings (SSSR count). The van der Waals surface area contributed by atoms with Gasteiger partial charge < -0.3 is 15.2 Å². The summed E-state index contributed by atoms with van der Waals surface area (Å²) in [6, 6.07) is 9.44. The zero-order chi connectivity index (χ0) is 17.9. The predicted molar refractivity (Wildman–Crippen MR) is 100.0 cm³/mol. The highest BCUT2D eigenvalue weighted by Crippen LogP contribution is 2.34. The average molecular weight is 346 g/mol. The molecule has 0 bridgehead atoms. The molecule has 3 nitrogen and oxygen atoms in total. The minimum Gasteiger partial charge on any atom is -0.457 e. The largest absolute Gasteiger partial charge is 0.457 e. The fourth-order valence-corrected chi connectivity index (χ4v) is 2.65. The molecule has 0 aliphatic carbocycles. The lowest BCUT2D eigenvalue weighted by molar-refractivity contribution is 0.216. The first-order valence-corrected chi connectivity index (χ1v) is 8.27. The lowest BCUT2D eigenvalue weighted by atomic mass is 10.0. The lowest BCUT2D eigenvalue weighted by Crippen LogP contribution is -2.08. The molecule has 24 heavy (non-hydrogen) atoms. The Morgan fingerprint density at radius 2 is 1.92 bits per heavy atom. The summed E-state index contributed by atoms with van der Waals surface area (Å²) in [7, 11) is 1.89. The quantitative estimate of drug-likeness (QED) is 0.717. The van der Waals surface area contributed by atoms with E-state index in [-0.39, 0.29) is 0 Å². The second-order valence-corrected chi connectivity index (χ2v) is 6.45. The third-order valence-corrected chi connectivity index (χ3v) is 4.54. The van der Waals surface area contributed by atoms with Crippen molar-refractivity contribution < 1.29 is 9.84 Å². The van der Waals surface area contributed by atoms with Crippen LogP contribution in [0.5, 0.6) is 11.5 Å². The normalized spacial score (nSPS) is 12.1. The van der Waals surface area contributed by atoms with Crippen LogP contribution in [0.15, 0.2) is 42.5 Å². The van der Waals surface area contributed by atoms with Gasteiger partial charge in [-0.2, -0.15) is 0 Å². The SMILES string of the molecule is C=C(C)C(O)c1ccc(CNC)c(Oc2ccc(Cl)c(C)c2C)c1. The van der Waals surface area contributed by atoms with Gasteiger partial charge in [-0.1, -0.05) is 30.3 Å². The van der Waals surface area contributed by atoms with Gasteiger partial charge in [0.1, 0.15) is 11.5 Å². The van der Waals surface area contributed by atoms with Gasteiger partial charge in [-0.3, -0.25) is 0 Å². The second-order valence-electron chi connectivity index (χ2n) is 6.04. The lowest BCUT2D eigenvalue weighted by Gasteiger charge is -2.18. The molecule has 1 atom stereocenters. The van der Waals surface area contributed by atoms with Crippen molar-refractivity contribution >= 4 is 11.6 Å². The van der Waals surface area contributed by atoms with E-state index in [0.717, 1.165) is 33.0 Å². The first kappa shape index (κ1) is 18.5. The molecule has 1 unspecified atom stereocenters. The monoisotopic (exact) mass is 345 g/mol. The molecule has 0 amide bonds. The standard InChI is InChI=1S/C20H24ClNO2/c1-12(2)20(23)15-6-7-16(11-22-5)19(10-15)24-18-9-8-17(21)13(3)14(18)4/h6-10,20,22-23H,1,11H2,2-5H3. The summed E-state index contributed by atoms with van der Waals surface area (Å²) in [5.74, 6) is 1.48. The topological polar surface area (TPSA) is 41.5 Å². The fourth-order valence-electron chi connectivity index (χ4n) is 2.45. The number of ether oxygens (including phenoxy) is 1. The van der Waals surface area contributed by atoms with E-state index < -0.39 is 6.10 Å². The Morgan fingerprint density at radius 3 is 2.54 bits per heavy atom. The van der Waals surface area contributed by atoms with Crippen molar-refractivity contribution in [1.82, 2.24) is 5.32 Å². The molecule has 0 aliphatic rings. The number of halogens is 1. The Balaban J connectivity index is 2.45. The maximum Gasteiger partial charge on any atom is 0.132 e. The molecule has 128 valence electrons. The van der Waals surface area contributed by atoms with E-state index in [9.17, 15) is 5.11 Å². The second kappa shape index (κ2) is 7.84. The number of nitrogens with one attached hydrogen (secondary N) is 1. The van der Waals surface area contributed by atoms with Crippen molar-refractivity contribution in [2.75, 3.05) is 7.05 Å². The highest BCUT2D eigenvalue weighted by atomic mass is 35.5. The van der Waals surface area contributed by atoms with Crippen molar-refractivity contribution in [1.29, 1.82) is 0 Å². The summed E-state index contributed by atoms with van der Waals surface area (Å²) in [5.41, 5.74) is 4.48. The summed E-state index contributed by atoms with van der Waals surface area (Å²) >= 11 is 6.16. The molecular formula is C20H24ClNO2. The molecular weight excluding hydrogens is 322 g/mol. The molecule has 2 aromatic rings.